The molecule has 0 amide bonds. The van der Waals surface area contributed by atoms with Gasteiger partial charge in [-0.25, -0.2) is 16.8 Å². The Bertz CT molecular complexity index is 1080. The minimum atomic E-state index is -3.76. The van der Waals surface area contributed by atoms with E-state index < -0.39 is 20.0 Å². The van der Waals surface area contributed by atoms with Crippen LogP contribution in [0.15, 0.2) is 41.3 Å². The first-order valence-electron chi connectivity index (χ1n) is 8.87. The van der Waals surface area contributed by atoms with E-state index in [2.05, 4.69) is 4.72 Å². The van der Waals surface area contributed by atoms with E-state index in [9.17, 15) is 16.8 Å². The van der Waals surface area contributed by atoms with Crippen LogP contribution in [0, 0.1) is 13.8 Å². The second kappa shape index (κ2) is 7.16. The molecule has 0 saturated heterocycles. The van der Waals surface area contributed by atoms with Gasteiger partial charge < -0.3 is 0 Å². The molecule has 0 unspecified atom stereocenters. The Morgan fingerprint density at radius 1 is 1.00 bits per heavy atom. The summed E-state index contributed by atoms with van der Waals surface area (Å²) < 4.78 is 54.2. The molecule has 1 N–H and O–H groups in total. The SMILES string of the molecule is CCS(=O)(=O)N1CCCc2ccc(NS(=O)(=O)c3ccc(C)c(C)c3)cc21. The number of benzene rings is 2. The monoisotopic (exact) mass is 408 g/mol. The van der Waals surface area contributed by atoms with Crippen LogP contribution in [0.25, 0.3) is 0 Å². The summed E-state index contributed by atoms with van der Waals surface area (Å²) in [6, 6.07) is 10.1. The zero-order valence-corrected chi connectivity index (χ0v) is 17.3. The summed E-state index contributed by atoms with van der Waals surface area (Å²) in [4.78, 5) is 0.182. The van der Waals surface area contributed by atoms with E-state index in [0.717, 1.165) is 29.5 Å². The Morgan fingerprint density at radius 3 is 2.41 bits per heavy atom. The lowest BCUT2D eigenvalue weighted by Crippen LogP contribution is -2.36. The molecule has 0 aromatic heterocycles. The zero-order chi connectivity index (χ0) is 19.8. The Labute approximate surface area is 161 Å². The molecule has 0 saturated carbocycles. The lowest BCUT2D eigenvalue weighted by atomic mass is 10.0. The topological polar surface area (TPSA) is 83.6 Å². The molecule has 1 heterocycles. The highest BCUT2D eigenvalue weighted by Crippen LogP contribution is 2.33. The molecule has 146 valence electrons. The average Bonchev–Trinajstić information content (AvgIpc) is 2.63. The first kappa shape index (κ1) is 19.7. The molecule has 0 spiro atoms. The van der Waals surface area contributed by atoms with Crippen molar-refractivity contribution in [3.05, 3.63) is 53.1 Å². The molecule has 0 aliphatic carbocycles. The highest BCUT2D eigenvalue weighted by Gasteiger charge is 2.27. The van der Waals surface area contributed by atoms with Crippen LogP contribution in [0.2, 0.25) is 0 Å². The van der Waals surface area contributed by atoms with E-state index in [1.807, 2.05) is 13.8 Å². The number of sulfonamides is 2. The smallest absolute Gasteiger partial charge is 0.261 e. The van der Waals surface area contributed by atoms with Gasteiger partial charge in [0.05, 0.1) is 22.0 Å². The molecule has 0 radical (unpaired) electrons. The van der Waals surface area contributed by atoms with Gasteiger partial charge in [0.25, 0.3) is 10.0 Å². The first-order valence-corrected chi connectivity index (χ1v) is 12.0. The van der Waals surface area contributed by atoms with Crippen LogP contribution in [-0.2, 0) is 26.5 Å². The normalized spacial score (nSPS) is 14.7. The van der Waals surface area contributed by atoms with Crippen LogP contribution in [0.4, 0.5) is 11.4 Å². The third-order valence-corrected chi connectivity index (χ3v) is 8.06. The van der Waals surface area contributed by atoms with E-state index >= 15 is 0 Å². The van der Waals surface area contributed by atoms with Crippen molar-refractivity contribution < 1.29 is 16.8 Å². The van der Waals surface area contributed by atoms with Gasteiger partial charge in [0.2, 0.25) is 10.0 Å². The third kappa shape index (κ3) is 3.96. The number of rotatable bonds is 5. The van der Waals surface area contributed by atoms with Crippen molar-refractivity contribution in [2.45, 2.75) is 38.5 Å². The van der Waals surface area contributed by atoms with E-state index in [-0.39, 0.29) is 10.6 Å². The summed E-state index contributed by atoms with van der Waals surface area (Å²) in [5.41, 5.74) is 3.73. The van der Waals surface area contributed by atoms with Gasteiger partial charge in [-0.15, -0.1) is 0 Å². The molecular weight excluding hydrogens is 384 g/mol. The van der Waals surface area contributed by atoms with E-state index in [1.165, 1.54) is 4.31 Å². The second-order valence-electron chi connectivity index (χ2n) is 6.77. The fraction of sp³-hybridized carbons (Fsp3) is 0.368. The number of aryl methyl sites for hydroxylation is 3. The first-order chi connectivity index (χ1) is 12.6. The molecule has 1 aliphatic rings. The minimum absolute atomic E-state index is 0.00500. The largest absolute Gasteiger partial charge is 0.280 e. The Kier molecular flexibility index (Phi) is 5.22. The predicted octanol–water partition coefficient (Wildman–Crippen LogP) is 3.21. The minimum Gasteiger partial charge on any atom is -0.280 e. The van der Waals surface area contributed by atoms with Crippen LogP contribution in [0.1, 0.15) is 30.0 Å². The van der Waals surface area contributed by atoms with Crippen molar-refractivity contribution in [1.82, 2.24) is 0 Å². The maximum atomic E-state index is 12.7. The average molecular weight is 409 g/mol. The highest BCUT2D eigenvalue weighted by molar-refractivity contribution is 7.93. The third-order valence-electron chi connectivity index (χ3n) is 4.90. The van der Waals surface area contributed by atoms with Crippen molar-refractivity contribution in [1.29, 1.82) is 0 Å². The number of fused-ring (bicyclic) bond motifs is 1. The van der Waals surface area contributed by atoms with Gasteiger partial charge in [0.1, 0.15) is 0 Å². The van der Waals surface area contributed by atoms with Gasteiger partial charge in [-0.3, -0.25) is 9.03 Å². The Hall–Kier alpha value is -2.06. The molecule has 3 rings (SSSR count). The molecule has 27 heavy (non-hydrogen) atoms. The lowest BCUT2D eigenvalue weighted by Gasteiger charge is -2.30. The number of nitrogens with zero attached hydrogens (tertiary/aromatic N) is 1. The molecule has 2 aromatic rings. The number of anilines is 2. The summed E-state index contributed by atoms with van der Waals surface area (Å²) in [7, 11) is -7.16. The van der Waals surface area contributed by atoms with Crippen molar-refractivity contribution >= 4 is 31.4 Å². The van der Waals surface area contributed by atoms with Crippen LogP contribution >= 0.6 is 0 Å². The fourth-order valence-corrected chi connectivity index (χ4v) is 5.47. The summed E-state index contributed by atoms with van der Waals surface area (Å²) in [5.74, 6) is 0.00500. The zero-order valence-electron chi connectivity index (χ0n) is 15.7. The molecule has 0 bridgehead atoms. The van der Waals surface area contributed by atoms with Crippen LogP contribution < -0.4 is 9.03 Å². The predicted molar refractivity (Wildman–Crippen MR) is 108 cm³/mol. The van der Waals surface area contributed by atoms with Gasteiger partial charge in [0.15, 0.2) is 0 Å². The van der Waals surface area contributed by atoms with E-state index in [4.69, 9.17) is 0 Å². The van der Waals surface area contributed by atoms with Crippen LogP contribution in [0.5, 0.6) is 0 Å². The fourth-order valence-electron chi connectivity index (χ4n) is 3.14. The standard InChI is InChI=1S/C19H24N2O4S2/c1-4-26(22,23)21-11-5-6-16-8-9-17(13-19(16)21)20-27(24,25)18-10-7-14(2)15(3)12-18/h7-10,12-13,20H,4-6,11H2,1-3H3. The van der Waals surface area contributed by atoms with Crippen molar-refractivity contribution in [2.24, 2.45) is 0 Å². The van der Waals surface area contributed by atoms with Crippen molar-refractivity contribution in [3.8, 4) is 0 Å². The van der Waals surface area contributed by atoms with Gasteiger partial charge in [0, 0.05) is 6.54 Å². The number of nitrogens with one attached hydrogen (secondary N) is 1. The molecule has 1 aliphatic heterocycles. The second-order valence-corrected chi connectivity index (χ2v) is 10.6. The van der Waals surface area contributed by atoms with E-state index in [1.54, 1.807) is 43.3 Å². The quantitative estimate of drug-likeness (QED) is 0.823. The van der Waals surface area contributed by atoms with Gasteiger partial charge in [-0.2, -0.15) is 0 Å². The molecule has 0 atom stereocenters. The maximum Gasteiger partial charge on any atom is 0.261 e. The molecule has 6 nitrogen and oxygen atoms in total. The summed E-state index contributed by atoms with van der Waals surface area (Å²) >= 11 is 0. The Balaban J connectivity index is 1.97. The van der Waals surface area contributed by atoms with Crippen LogP contribution in [-0.4, -0.2) is 29.1 Å². The lowest BCUT2D eigenvalue weighted by molar-refractivity contribution is 0.587. The van der Waals surface area contributed by atoms with Gasteiger partial charge in [-0.05, 0) is 74.6 Å². The van der Waals surface area contributed by atoms with Gasteiger partial charge >= 0.3 is 0 Å². The Morgan fingerprint density at radius 2 is 1.74 bits per heavy atom. The van der Waals surface area contributed by atoms with E-state index in [0.29, 0.717) is 17.9 Å². The number of hydrogen-bond donors (Lipinski definition) is 1. The molecular formula is C19H24N2O4S2. The van der Waals surface area contributed by atoms with Crippen molar-refractivity contribution in [2.75, 3.05) is 21.3 Å². The summed E-state index contributed by atoms with van der Waals surface area (Å²) in [6.45, 7) is 5.80. The van der Waals surface area contributed by atoms with Crippen LogP contribution in [0.3, 0.4) is 0 Å². The van der Waals surface area contributed by atoms with Gasteiger partial charge in [-0.1, -0.05) is 12.1 Å². The number of hydrogen-bond acceptors (Lipinski definition) is 4. The molecule has 8 heteroatoms. The van der Waals surface area contributed by atoms with Crippen molar-refractivity contribution in [3.63, 3.8) is 0 Å². The summed E-state index contributed by atoms with van der Waals surface area (Å²) in [6.07, 6.45) is 1.52. The highest BCUT2D eigenvalue weighted by atomic mass is 32.2. The maximum absolute atomic E-state index is 12.7. The summed E-state index contributed by atoms with van der Waals surface area (Å²) in [5, 5.41) is 0. The molecule has 2 aromatic carbocycles. The molecule has 0 fully saturated rings.